The van der Waals surface area contributed by atoms with Gasteiger partial charge < -0.3 is 4.57 Å². The monoisotopic (exact) mass is 448 g/mol. The van der Waals surface area contributed by atoms with Crippen LogP contribution < -0.4 is 14.8 Å². The van der Waals surface area contributed by atoms with Crippen molar-refractivity contribution in [1.29, 1.82) is 5.26 Å². The summed E-state index contributed by atoms with van der Waals surface area (Å²) in [5.74, 6) is 0.535. The molecule has 0 saturated heterocycles. The fourth-order valence-corrected chi connectivity index (χ4v) is 5.02. The molecule has 0 unspecified atom stereocenters. The molecule has 0 amide bonds. The molecule has 5 rings (SSSR count). The van der Waals surface area contributed by atoms with Crippen molar-refractivity contribution in [2.45, 2.75) is 6.92 Å². The molecule has 2 heterocycles. The van der Waals surface area contributed by atoms with Crippen molar-refractivity contribution in [3.63, 3.8) is 0 Å². The third-order valence-corrected chi connectivity index (χ3v) is 6.61. The van der Waals surface area contributed by atoms with Crippen LogP contribution in [0.15, 0.2) is 83.7 Å². The molecule has 5 nitrogen and oxygen atoms in total. The second-order valence-corrected chi connectivity index (χ2v) is 8.81. The fraction of sp³-hybridized carbons (Fsp3) is 0.0741. The standard InChI is InChI=1S/C27H20N4OS/c1-18-9-8-12-20(15-18)31-26(32)24(16-19-10-4-3-5-11-19)33-27(31)21(17-28)25-29-22-13-6-7-14-23(22)30(25)2/h3-16H,1-2H3/b24-16+,27-21-. The van der Waals surface area contributed by atoms with Crippen LogP contribution in [0, 0.1) is 18.3 Å². The number of benzene rings is 3. The van der Waals surface area contributed by atoms with E-state index in [0.717, 1.165) is 27.8 Å². The minimum absolute atomic E-state index is 0.157. The number of fused-ring (bicyclic) bond motifs is 1. The summed E-state index contributed by atoms with van der Waals surface area (Å²) in [5.41, 5.74) is 4.63. The number of hydrogen-bond acceptors (Lipinski definition) is 4. The highest BCUT2D eigenvalue weighted by atomic mass is 32.1. The van der Waals surface area contributed by atoms with Gasteiger partial charge in [-0.25, -0.2) is 4.98 Å². The molecule has 0 N–H and O–H groups in total. The van der Waals surface area contributed by atoms with Crippen molar-refractivity contribution in [3.8, 4) is 11.8 Å². The summed E-state index contributed by atoms with van der Waals surface area (Å²) in [6, 6.07) is 27.6. The molecule has 5 aromatic rings. The van der Waals surface area contributed by atoms with E-state index in [2.05, 4.69) is 6.07 Å². The molecule has 0 fully saturated rings. The summed E-state index contributed by atoms with van der Waals surface area (Å²) < 4.78 is 4.65. The largest absolute Gasteiger partial charge is 0.326 e. The smallest absolute Gasteiger partial charge is 0.273 e. The summed E-state index contributed by atoms with van der Waals surface area (Å²) in [6.07, 6.45) is 1.87. The Morgan fingerprint density at radius 2 is 1.79 bits per heavy atom. The van der Waals surface area contributed by atoms with Gasteiger partial charge in [0.1, 0.15) is 16.3 Å². The van der Waals surface area contributed by atoms with E-state index in [1.165, 1.54) is 11.3 Å². The van der Waals surface area contributed by atoms with E-state index in [1.54, 1.807) is 4.57 Å². The number of thiazole rings is 1. The number of aromatic nitrogens is 3. The van der Waals surface area contributed by atoms with Gasteiger partial charge in [-0.15, -0.1) is 11.3 Å². The van der Waals surface area contributed by atoms with Crippen LogP contribution in [0.4, 0.5) is 0 Å². The Bertz CT molecular complexity index is 1720. The highest BCUT2D eigenvalue weighted by Gasteiger charge is 2.17. The van der Waals surface area contributed by atoms with Gasteiger partial charge in [0.15, 0.2) is 5.82 Å². The van der Waals surface area contributed by atoms with E-state index < -0.39 is 0 Å². The fourth-order valence-electron chi connectivity index (χ4n) is 3.91. The van der Waals surface area contributed by atoms with Gasteiger partial charge in [-0.3, -0.25) is 9.36 Å². The Labute approximate surface area is 194 Å². The zero-order valence-electron chi connectivity index (χ0n) is 18.2. The second-order valence-electron chi connectivity index (χ2n) is 7.78. The third-order valence-electron chi connectivity index (χ3n) is 5.52. The molecular weight excluding hydrogens is 428 g/mol. The minimum Gasteiger partial charge on any atom is -0.326 e. The van der Waals surface area contributed by atoms with E-state index in [0.29, 0.717) is 20.6 Å². The molecule has 3 aromatic carbocycles. The van der Waals surface area contributed by atoms with Gasteiger partial charge in [0.05, 0.1) is 21.3 Å². The molecule has 0 atom stereocenters. The molecule has 33 heavy (non-hydrogen) atoms. The predicted octanol–water partition coefficient (Wildman–Crippen LogP) is 3.65. The van der Waals surface area contributed by atoms with Gasteiger partial charge in [0.25, 0.3) is 5.56 Å². The number of nitriles is 1. The lowest BCUT2D eigenvalue weighted by molar-refractivity contribution is 0.915. The van der Waals surface area contributed by atoms with Crippen LogP contribution in [0.5, 0.6) is 0 Å². The average Bonchev–Trinajstić information content (AvgIpc) is 3.32. The van der Waals surface area contributed by atoms with Crippen molar-refractivity contribution in [2.24, 2.45) is 7.05 Å². The lowest BCUT2D eigenvalue weighted by Crippen LogP contribution is -2.31. The van der Waals surface area contributed by atoms with Crippen LogP contribution in [0.3, 0.4) is 0 Å². The molecular formula is C27H20N4OS. The molecule has 0 aliphatic carbocycles. The lowest BCUT2D eigenvalue weighted by atomic mass is 10.2. The SMILES string of the molecule is Cc1cccc(-n2c(=O)/c(=C\c3ccccc3)s/c2=C(/C#N)c2nc3ccccc3n2C)c1. The van der Waals surface area contributed by atoms with Gasteiger partial charge in [-0.05, 0) is 48.4 Å². The topological polar surface area (TPSA) is 63.6 Å². The highest BCUT2D eigenvalue weighted by Crippen LogP contribution is 2.19. The van der Waals surface area contributed by atoms with E-state index in [1.807, 2.05) is 103 Å². The molecule has 0 spiro atoms. The molecule has 0 radical (unpaired) electrons. The first-order valence-electron chi connectivity index (χ1n) is 10.5. The van der Waals surface area contributed by atoms with Crippen LogP contribution in [-0.2, 0) is 7.05 Å². The van der Waals surface area contributed by atoms with E-state index >= 15 is 0 Å². The number of para-hydroxylation sites is 2. The second kappa shape index (κ2) is 8.38. The van der Waals surface area contributed by atoms with Crippen LogP contribution >= 0.6 is 11.3 Å². The van der Waals surface area contributed by atoms with Gasteiger partial charge in [-0.2, -0.15) is 5.26 Å². The first-order chi connectivity index (χ1) is 16.1. The van der Waals surface area contributed by atoms with Crippen molar-refractivity contribution >= 4 is 34.0 Å². The number of rotatable bonds is 3. The molecule has 2 aromatic heterocycles. The van der Waals surface area contributed by atoms with E-state index in [9.17, 15) is 10.1 Å². The van der Waals surface area contributed by atoms with Crippen LogP contribution in [0.2, 0.25) is 0 Å². The maximum absolute atomic E-state index is 13.6. The number of nitrogens with zero attached hydrogens (tertiary/aromatic N) is 4. The lowest BCUT2D eigenvalue weighted by Gasteiger charge is -2.05. The Morgan fingerprint density at radius 1 is 1.03 bits per heavy atom. The Kier molecular flexibility index (Phi) is 5.25. The minimum atomic E-state index is -0.157. The zero-order chi connectivity index (χ0) is 22.9. The Balaban J connectivity index is 1.91. The average molecular weight is 449 g/mol. The normalized spacial score (nSPS) is 12.7. The zero-order valence-corrected chi connectivity index (χ0v) is 19.0. The molecule has 0 aliphatic heterocycles. The molecule has 0 saturated carbocycles. The molecule has 160 valence electrons. The maximum Gasteiger partial charge on any atom is 0.273 e. The molecule has 0 bridgehead atoms. The highest BCUT2D eigenvalue weighted by molar-refractivity contribution is 7.07. The summed E-state index contributed by atoms with van der Waals surface area (Å²) in [4.78, 5) is 18.3. The van der Waals surface area contributed by atoms with E-state index in [-0.39, 0.29) is 5.56 Å². The van der Waals surface area contributed by atoms with E-state index in [4.69, 9.17) is 4.98 Å². The van der Waals surface area contributed by atoms with Gasteiger partial charge in [0, 0.05) is 7.05 Å². The number of aryl methyl sites for hydroxylation is 2. The van der Waals surface area contributed by atoms with Gasteiger partial charge in [-0.1, -0.05) is 54.6 Å². The van der Waals surface area contributed by atoms with Crippen molar-refractivity contribution < 1.29 is 0 Å². The molecule has 6 heteroatoms. The molecule has 0 aliphatic rings. The maximum atomic E-state index is 13.6. The van der Waals surface area contributed by atoms with Crippen molar-refractivity contribution in [3.05, 3.63) is 115 Å². The van der Waals surface area contributed by atoms with Crippen molar-refractivity contribution in [1.82, 2.24) is 14.1 Å². The third kappa shape index (κ3) is 3.69. The van der Waals surface area contributed by atoms with Crippen LogP contribution in [0.1, 0.15) is 17.0 Å². The number of imidazole rings is 1. The summed E-state index contributed by atoms with van der Waals surface area (Å²) >= 11 is 1.31. The van der Waals surface area contributed by atoms with Gasteiger partial charge >= 0.3 is 0 Å². The summed E-state index contributed by atoms with van der Waals surface area (Å²) in [7, 11) is 1.89. The summed E-state index contributed by atoms with van der Waals surface area (Å²) in [5, 5.41) is 10.2. The van der Waals surface area contributed by atoms with Gasteiger partial charge in [0.2, 0.25) is 0 Å². The Morgan fingerprint density at radius 3 is 2.52 bits per heavy atom. The quantitative estimate of drug-likeness (QED) is 0.423. The van der Waals surface area contributed by atoms with Crippen LogP contribution in [-0.4, -0.2) is 14.1 Å². The van der Waals surface area contributed by atoms with Crippen LogP contribution in [0.25, 0.3) is 28.4 Å². The predicted molar refractivity (Wildman–Crippen MR) is 133 cm³/mol. The summed E-state index contributed by atoms with van der Waals surface area (Å²) in [6.45, 7) is 1.98. The van der Waals surface area contributed by atoms with Crippen molar-refractivity contribution in [2.75, 3.05) is 0 Å². The first-order valence-corrected chi connectivity index (χ1v) is 11.3. The number of hydrogen-bond donors (Lipinski definition) is 0. The Hall–Kier alpha value is -4.21. The first kappa shape index (κ1) is 20.7.